The summed E-state index contributed by atoms with van der Waals surface area (Å²) in [6, 6.07) is 10.5. The molecule has 0 spiro atoms. The molecule has 0 radical (unpaired) electrons. The lowest BCUT2D eigenvalue weighted by Gasteiger charge is -2.09. The largest absolute Gasteiger partial charge is 0.497 e. The topological polar surface area (TPSA) is 96.6 Å². The lowest BCUT2D eigenvalue weighted by molar-refractivity contribution is 0.0953. The lowest BCUT2D eigenvalue weighted by Crippen LogP contribution is -2.32. The zero-order valence-electron chi connectivity index (χ0n) is 15.4. The minimum atomic E-state index is -4.13. The third-order valence-corrected chi connectivity index (χ3v) is 5.85. The van der Waals surface area contributed by atoms with Gasteiger partial charge < -0.3 is 9.47 Å². The molecular formula is C19H18N2O6S. The van der Waals surface area contributed by atoms with Gasteiger partial charge in [-0.15, -0.1) is 0 Å². The molecule has 0 atom stereocenters. The minimum Gasteiger partial charge on any atom is -0.497 e. The van der Waals surface area contributed by atoms with Crippen molar-refractivity contribution >= 4 is 15.9 Å². The molecule has 0 fully saturated rings. The smallest absolute Gasteiger partial charge is 0.349 e. The van der Waals surface area contributed by atoms with Gasteiger partial charge in [-0.3, -0.25) is 4.79 Å². The number of rotatable bonds is 5. The van der Waals surface area contributed by atoms with Gasteiger partial charge in [0.15, 0.2) is 0 Å². The number of ether oxygens (including phenoxy) is 2. The second kappa shape index (κ2) is 7.35. The van der Waals surface area contributed by atoms with Gasteiger partial charge in [0, 0.05) is 18.5 Å². The Morgan fingerprint density at radius 2 is 1.64 bits per heavy atom. The second-order valence-electron chi connectivity index (χ2n) is 5.94. The number of nitrogens with zero attached hydrogens (tertiary/aromatic N) is 2. The number of hydrogen-bond donors (Lipinski definition) is 0. The first kappa shape index (κ1) is 19.4. The van der Waals surface area contributed by atoms with Crippen LogP contribution < -0.4 is 15.2 Å². The van der Waals surface area contributed by atoms with E-state index in [9.17, 15) is 18.0 Å². The fraction of sp³-hybridized carbons (Fsp3) is 0.158. The van der Waals surface area contributed by atoms with Gasteiger partial charge in [-0.2, -0.15) is 3.97 Å². The molecule has 146 valence electrons. The Kier molecular flexibility index (Phi) is 5.10. The van der Waals surface area contributed by atoms with E-state index in [4.69, 9.17) is 9.47 Å². The standard InChI is InChI=1S/C19H18N2O6S/c1-13-4-7-15(8-5-13)28(24,25)21-11-10-20(19(21)23)18(22)16-9-6-14(26-2)12-17(16)27-3/h4-12H,1-3H3. The summed E-state index contributed by atoms with van der Waals surface area (Å²) in [5.41, 5.74) is -0.0232. The van der Waals surface area contributed by atoms with Crippen molar-refractivity contribution in [3.8, 4) is 11.5 Å². The number of imidazole rings is 1. The van der Waals surface area contributed by atoms with Gasteiger partial charge in [-0.25, -0.2) is 17.8 Å². The van der Waals surface area contributed by atoms with E-state index in [1.54, 1.807) is 18.2 Å². The van der Waals surface area contributed by atoms with E-state index in [0.29, 0.717) is 9.72 Å². The van der Waals surface area contributed by atoms with Gasteiger partial charge in [0.05, 0.1) is 24.7 Å². The Bertz CT molecular complexity index is 1190. The molecule has 0 aliphatic carbocycles. The van der Waals surface area contributed by atoms with E-state index in [-0.39, 0.29) is 16.2 Å². The van der Waals surface area contributed by atoms with E-state index in [1.807, 2.05) is 6.92 Å². The molecule has 0 amide bonds. The summed E-state index contributed by atoms with van der Waals surface area (Å²) in [4.78, 5) is 25.4. The third kappa shape index (κ3) is 3.31. The maximum absolute atomic E-state index is 12.8. The van der Waals surface area contributed by atoms with E-state index in [2.05, 4.69) is 0 Å². The highest BCUT2D eigenvalue weighted by atomic mass is 32.2. The summed E-state index contributed by atoms with van der Waals surface area (Å²) in [5, 5.41) is 0. The molecule has 0 unspecified atom stereocenters. The third-order valence-electron chi connectivity index (χ3n) is 4.18. The SMILES string of the molecule is COc1ccc(C(=O)n2ccn(S(=O)(=O)c3ccc(C)cc3)c2=O)c(OC)c1. The molecule has 8 nitrogen and oxygen atoms in total. The molecule has 0 bridgehead atoms. The van der Waals surface area contributed by atoms with Crippen LogP contribution in [0.5, 0.6) is 11.5 Å². The number of benzene rings is 2. The Hall–Kier alpha value is -3.33. The molecule has 0 saturated carbocycles. The minimum absolute atomic E-state index is 0.0487. The summed E-state index contributed by atoms with van der Waals surface area (Å²) in [5.74, 6) is -0.0481. The van der Waals surface area contributed by atoms with E-state index in [0.717, 1.165) is 22.5 Å². The molecule has 0 N–H and O–H groups in total. The Morgan fingerprint density at radius 3 is 2.25 bits per heavy atom. The summed E-state index contributed by atoms with van der Waals surface area (Å²) in [7, 11) is -1.28. The molecule has 1 heterocycles. The molecule has 0 saturated heterocycles. The number of aromatic nitrogens is 2. The van der Waals surface area contributed by atoms with Crippen molar-refractivity contribution in [2.24, 2.45) is 0 Å². The van der Waals surface area contributed by atoms with Gasteiger partial charge >= 0.3 is 5.69 Å². The van der Waals surface area contributed by atoms with Crippen LogP contribution in [0.15, 0.2) is 64.5 Å². The van der Waals surface area contributed by atoms with Crippen molar-refractivity contribution in [1.29, 1.82) is 0 Å². The molecular weight excluding hydrogens is 384 g/mol. The number of aryl methyl sites for hydroxylation is 1. The molecule has 1 aromatic heterocycles. The lowest BCUT2D eigenvalue weighted by atomic mass is 10.1. The highest BCUT2D eigenvalue weighted by molar-refractivity contribution is 7.90. The van der Waals surface area contributed by atoms with Crippen molar-refractivity contribution < 1.29 is 22.7 Å². The number of methoxy groups -OCH3 is 2. The van der Waals surface area contributed by atoms with Crippen LogP contribution in [0.25, 0.3) is 0 Å². The van der Waals surface area contributed by atoms with Crippen LogP contribution in [-0.4, -0.2) is 37.1 Å². The van der Waals surface area contributed by atoms with Gasteiger partial charge in [0.1, 0.15) is 11.5 Å². The molecule has 3 aromatic rings. The number of carbonyl (C=O) groups is 1. The van der Waals surface area contributed by atoms with Crippen LogP contribution in [0.3, 0.4) is 0 Å². The van der Waals surface area contributed by atoms with Crippen LogP contribution in [0, 0.1) is 6.92 Å². The summed E-state index contributed by atoms with van der Waals surface area (Å²) in [6.07, 6.45) is 2.16. The Balaban J connectivity index is 2.05. The Labute approximate surface area is 161 Å². The summed E-state index contributed by atoms with van der Waals surface area (Å²) in [6.45, 7) is 1.82. The van der Waals surface area contributed by atoms with Crippen LogP contribution in [0.2, 0.25) is 0 Å². The van der Waals surface area contributed by atoms with Gasteiger partial charge in [0.2, 0.25) is 0 Å². The van der Waals surface area contributed by atoms with Crippen LogP contribution >= 0.6 is 0 Å². The fourth-order valence-electron chi connectivity index (χ4n) is 2.63. The Morgan fingerprint density at radius 1 is 0.964 bits per heavy atom. The molecule has 28 heavy (non-hydrogen) atoms. The van der Waals surface area contributed by atoms with Crippen molar-refractivity contribution in [2.45, 2.75) is 11.8 Å². The van der Waals surface area contributed by atoms with Crippen molar-refractivity contribution in [2.75, 3.05) is 14.2 Å². The average Bonchev–Trinajstić information content (AvgIpc) is 3.09. The van der Waals surface area contributed by atoms with Gasteiger partial charge in [0.25, 0.3) is 15.9 Å². The van der Waals surface area contributed by atoms with Crippen molar-refractivity contribution in [3.05, 3.63) is 76.5 Å². The summed E-state index contributed by atoms with van der Waals surface area (Å²) >= 11 is 0. The molecule has 3 rings (SSSR count). The van der Waals surface area contributed by atoms with Crippen molar-refractivity contribution in [1.82, 2.24) is 8.54 Å². The van der Waals surface area contributed by atoms with E-state index >= 15 is 0 Å². The second-order valence-corrected chi connectivity index (χ2v) is 7.75. The fourth-order valence-corrected chi connectivity index (χ4v) is 3.84. The first-order valence-electron chi connectivity index (χ1n) is 8.18. The highest BCUT2D eigenvalue weighted by Gasteiger charge is 2.24. The predicted molar refractivity (Wildman–Crippen MR) is 102 cm³/mol. The van der Waals surface area contributed by atoms with Crippen LogP contribution in [0.1, 0.15) is 15.9 Å². The van der Waals surface area contributed by atoms with E-state index < -0.39 is 21.6 Å². The molecule has 2 aromatic carbocycles. The quantitative estimate of drug-likeness (QED) is 0.647. The monoisotopic (exact) mass is 402 g/mol. The van der Waals surface area contributed by atoms with Gasteiger partial charge in [-0.1, -0.05) is 17.7 Å². The number of hydrogen-bond acceptors (Lipinski definition) is 6. The molecule has 0 aliphatic heterocycles. The van der Waals surface area contributed by atoms with Crippen LogP contribution in [0.4, 0.5) is 0 Å². The van der Waals surface area contributed by atoms with E-state index in [1.165, 1.54) is 38.5 Å². The first-order valence-corrected chi connectivity index (χ1v) is 9.62. The van der Waals surface area contributed by atoms with Gasteiger partial charge in [-0.05, 0) is 31.2 Å². The zero-order chi connectivity index (χ0) is 20.5. The molecule has 0 aliphatic rings. The van der Waals surface area contributed by atoms with Crippen molar-refractivity contribution in [3.63, 3.8) is 0 Å². The zero-order valence-corrected chi connectivity index (χ0v) is 16.3. The van der Waals surface area contributed by atoms with Crippen LogP contribution in [-0.2, 0) is 10.0 Å². The first-order chi connectivity index (χ1) is 13.3. The predicted octanol–water partition coefficient (Wildman–Crippen LogP) is 1.90. The number of carbonyl (C=O) groups excluding carboxylic acids is 1. The molecule has 9 heteroatoms. The average molecular weight is 402 g/mol. The maximum Gasteiger partial charge on any atom is 0.349 e. The highest BCUT2D eigenvalue weighted by Crippen LogP contribution is 2.25. The maximum atomic E-state index is 12.8. The normalized spacial score (nSPS) is 11.2. The summed E-state index contributed by atoms with van der Waals surface area (Å²) < 4.78 is 37.0.